The Balaban J connectivity index is 1.72. The number of aromatic nitrogens is 1. The van der Waals surface area contributed by atoms with Crippen molar-refractivity contribution >= 4 is 21.6 Å². The number of ether oxygens (including phenoxy) is 1. The van der Waals surface area contributed by atoms with Crippen LogP contribution >= 0.6 is 0 Å². The first-order chi connectivity index (χ1) is 16.7. The van der Waals surface area contributed by atoms with Crippen LogP contribution in [0.15, 0.2) is 51.9 Å². The van der Waals surface area contributed by atoms with Crippen LogP contribution in [0.2, 0.25) is 0 Å². The standard InChI is InChI=1S/C26H33N3O5S/c1-6-29(7-2)35(31,32)21-11-12-23(33-8-3)22(16-21)28-25(30)13-14-26-27-17-24(34-26)20-10-9-18(4)19(5)15-20/h9-12,15-17H,6-8,13-14H2,1-5H3,(H,28,30). The lowest BCUT2D eigenvalue weighted by Gasteiger charge is -2.20. The van der Waals surface area contributed by atoms with Crippen LogP contribution in [0.5, 0.6) is 5.75 Å². The molecule has 0 aliphatic carbocycles. The van der Waals surface area contributed by atoms with Crippen LogP contribution in [0.3, 0.4) is 0 Å². The van der Waals surface area contributed by atoms with Gasteiger partial charge < -0.3 is 14.5 Å². The molecule has 0 fully saturated rings. The number of anilines is 1. The number of sulfonamides is 1. The number of nitrogens with zero attached hydrogens (tertiary/aromatic N) is 2. The van der Waals surface area contributed by atoms with Gasteiger partial charge in [0.25, 0.3) is 0 Å². The van der Waals surface area contributed by atoms with Crippen LogP contribution in [0.25, 0.3) is 11.3 Å². The van der Waals surface area contributed by atoms with Gasteiger partial charge in [-0.3, -0.25) is 4.79 Å². The zero-order chi connectivity index (χ0) is 25.6. The Labute approximate surface area is 207 Å². The molecule has 1 amide bonds. The molecule has 1 N–H and O–H groups in total. The molecule has 9 heteroatoms. The Hall–Kier alpha value is -3.17. The predicted molar refractivity (Wildman–Crippen MR) is 136 cm³/mol. The van der Waals surface area contributed by atoms with E-state index in [4.69, 9.17) is 9.15 Å². The number of nitrogens with one attached hydrogen (secondary N) is 1. The number of carbonyl (C=O) groups excluding carboxylic acids is 1. The number of aryl methyl sites for hydroxylation is 3. The average molecular weight is 500 g/mol. The topological polar surface area (TPSA) is 102 Å². The van der Waals surface area contributed by atoms with E-state index in [-0.39, 0.29) is 17.2 Å². The summed E-state index contributed by atoms with van der Waals surface area (Å²) >= 11 is 0. The molecule has 0 saturated carbocycles. The van der Waals surface area contributed by atoms with Gasteiger partial charge in [0, 0.05) is 31.5 Å². The molecule has 0 saturated heterocycles. The van der Waals surface area contributed by atoms with Crippen molar-refractivity contribution in [1.29, 1.82) is 0 Å². The van der Waals surface area contributed by atoms with Gasteiger partial charge in [-0.05, 0) is 56.2 Å². The molecular weight excluding hydrogens is 466 g/mol. The van der Waals surface area contributed by atoms with Crippen molar-refractivity contribution in [3.8, 4) is 17.1 Å². The molecule has 0 spiro atoms. The summed E-state index contributed by atoms with van der Waals surface area (Å²) in [5.74, 6) is 1.22. The average Bonchev–Trinajstić information content (AvgIpc) is 3.30. The van der Waals surface area contributed by atoms with Gasteiger partial charge in [0.1, 0.15) is 5.75 Å². The fourth-order valence-electron chi connectivity index (χ4n) is 3.65. The van der Waals surface area contributed by atoms with E-state index >= 15 is 0 Å². The molecule has 188 valence electrons. The van der Waals surface area contributed by atoms with Gasteiger partial charge in [-0.15, -0.1) is 0 Å². The summed E-state index contributed by atoms with van der Waals surface area (Å²) < 4.78 is 38.7. The third-order valence-electron chi connectivity index (χ3n) is 5.78. The molecule has 3 aromatic rings. The number of hydrogen-bond acceptors (Lipinski definition) is 6. The van der Waals surface area contributed by atoms with E-state index in [0.717, 1.165) is 11.1 Å². The van der Waals surface area contributed by atoms with E-state index < -0.39 is 10.0 Å². The summed E-state index contributed by atoms with van der Waals surface area (Å²) in [6.45, 7) is 10.6. The Morgan fingerprint density at radius 2 is 1.80 bits per heavy atom. The maximum absolute atomic E-state index is 12.9. The van der Waals surface area contributed by atoms with Crippen LogP contribution < -0.4 is 10.1 Å². The molecule has 3 rings (SSSR count). The number of oxazole rings is 1. The molecule has 0 aliphatic heterocycles. The summed E-state index contributed by atoms with van der Waals surface area (Å²) in [5.41, 5.74) is 3.61. The Morgan fingerprint density at radius 1 is 1.06 bits per heavy atom. The predicted octanol–water partition coefficient (Wildman–Crippen LogP) is 4.96. The number of carbonyl (C=O) groups is 1. The fourth-order valence-corrected chi connectivity index (χ4v) is 5.13. The lowest BCUT2D eigenvalue weighted by atomic mass is 10.1. The van der Waals surface area contributed by atoms with Crippen molar-refractivity contribution < 1.29 is 22.4 Å². The van der Waals surface area contributed by atoms with E-state index in [9.17, 15) is 13.2 Å². The monoisotopic (exact) mass is 499 g/mol. The molecule has 8 nitrogen and oxygen atoms in total. The normalized spacial score (nSPS) is 11.6. The van der Waals surface area contributed by atoms with Crippen LogP contribution in [-0.4, -0.2) is 43.3 Å². The quantitative estimate of drug-likeness (QED) is 0.400. The lowest BCUT2D eigenvalue weighted by molar-refractivity contribution is -0.116. The highest BCUT2D eigenvalue weighted by Crippen LogP contribution is 2.30. The number of hydrogen-bond donors (Lipinski definition) is 1. The molecule has 0 aliphatic rings. The summed E-state index contributed by atoms with van der Waals surface area (Å²) in [7, 11) is -3.67. The van der Waals surface area contributed by atoms with E-state index in [2.05, 4.69) is 17.2 Å². The highest BCUT2D eigenvalue weighted by Gasteiger charge is 2.23. The molecule has 0 radical (unpaired) electrons. The van der Waals surface area contributed by atoms with Crippen molar-refractivity contribution in [2.24, 2.45) is 0 Å². The van der Waals surface area contributed by atoms with E-state index in [1.807, 2.05) is 32.0 Å². The van der Waals surface area contributed by atoms with Crippen molar-refractivity contribution in [3.63, 3.8) is 0 Å². The molecule has 35 heavy (non-hydrogen) atoms. The first-order valence-corrected chi connectivity index (χ1v) is 13.2. The van der Waals surface area contributed by atoms with Gasteiger partial charge in [-0.2, -0.15) is 4.31 Å². The lowest BCUT2D eigenvalue weighted by Crippen LogP contribution is -2.30. The van der Waals surface area contributed by atoms with Crippen LogP contribution in [0.4, 0.5) is 5.69 Å². The van der Waals surface area contributed by atoms with Gasteiger partial charge in [0.05, 0.1) is 23.4 Å². The minimum Gasteiger partial charge on any atom is -0.492 e. The Bertz CT molecular complexity index is 1280. The SMILES string of the molecule is CCOc1ccc(S(=O)(=O)N(CC)CC)cc1NC(=O)CCc1ncc(-c2ccc(C)c(C)c2)o1. The number of benzene rings is 2. The van der Waals surface area contributed by atoms with Gasteiger partial charge in [-0.1, -0.05) is 26.0 Å². The van der Waals surface area contributed by atoms with Crippen molar-refractivity contribution in [3.05, 3.63) is 59.6 Å². The highest BCUT2D eigenvalue weighted by molar-refractivity contribution is 7.89. The third-order valence-corrected chi connectivity index (χ3v) is 7.82. The zero-order valence-corrected chi connectivity index (χ0v) is 21.7. The summed E-state index contributed by atoms with van der Waals surface area (Å²) in [5, 5.41) is 2.79. The van der Waals surface area contributed by atoms with E-state index in [0.29, 0.717) is 49.2 Å². The van der Waals surface area contributed by atoms with Crippen molar-refractivity contribution in [2.75, 3.05) is 25.0 Å². The summed E-state index contributed by atoms with van der Waals surface area (Å²) in [6.07, 6.45) is 2.08. The summed E-state index contributed by atoms with van der Waals surface area (Å²) in [6, 6.07) is 10.6. The van der Waals surface area contributed by atoms with E-state index in [1.54, 1.807) is 26.1 Å². The van der Waals surface area contributed by atoms with Crippen molar-refractivity contribution in [2.45, 2.75) is 52.4 Å². The smallest absolute Gasteiger partial charge is 0.243 e. The molecule has 0 bridgehead atoms. The van der Waals surface area contributed by atoms with Gasteiger partial charge in [-0.25, -0.2) is 13.4 Å². The third kappa shape index (κ3) is 6.29. The maximum atomic E-state index is 12.9. The van der Waals surface area contributed by atoms with Gasteiger partial charge >= 0.3 is 0 Å². The second kappa shape index (κ2) is 11.5. The largest absolute Gasteiger partial charge is 0.492 e. The molecular formula is C26H33N3O5S. The highest BCUT2D eigenvalue weighted by atomic mass is 32.2. The number of rotatable bonds is 11. The molecule has 0 unspecified atom stereocenters. The van der Waals surface area contributed by atoms with Crippen LogP contribution in [-0.2, 0) is 21.2 Å². The van der Waals surface area contributed by atoms with E-state index in [1.165, 1.54) is 22.0 Å². The summed E-state index contributed by atoms with van der Waals surface area (Å²) in [4.78, 5) is 17.1. The Morgan fingerprint density at radius 3 is 2.46 bits per heavy atom. The molecule has 0 atom stereocenters. The Kier molecular flexibility index (Phi) is 8.69. The fraction of sp³-hybridized carbons (Fsp3) is 0.385. The minimum absolute atomic E-state index is 0.102. The molecule has 2 aromatic carbocycles. The van der Waals surface area contributed by atoms with Crippen LogP contribution in [0.1, 0.15) is 44.2 Å². The minimum atomic E-state index is -3.67. The maximum Gasteiger partial charge on any atom is 0.243 e. The molecule has 1 aromatic heterocycles. The number of amides is 1. The van der Waals surface area contributed by atoms with Crippen molar-refractivity contribution in [1.82, 2.24) is 9.29 Å². The first-order valence-electron chi connectivity index (χ1n) is 11.8. The van der Waals surface area contributed by atoms with Gasteiger partial charge in [0.2, 0.25) is 15.9 Å². The first kappa shape index (κ1) is 26.4. The van der Waals surface area contributed by atoms with Gasteiger partial charge in [0.15, 0.2) is 11.7 Å². The molecule has 1 heterocycles. The zero-order valence-electron chi connectivity index (χ0n) is 20.9. The van der Waals surface area contributed by atoms with Crippen LogP contribution in [0, 0.1) is 13.8 Å². The second-order valence-corrected chi connectivity index (χ2v) is 10.1. The second-order valence-electron chi connectivity index (χ2n) is 8.15.